The summed E-state index contributed by atoms with van der Waals surface area (Å²) >= 11 is 18.5. The number of ether oxygens (including phenoxy) is 1. The summed E-state index contributed by atoms with van der Waals surface area (Å²) in [5.41, 5.74) is 3.93. The predicted molar refractivity (Wildman–Crippen MR) is 154 cm³/mol. The Hall–Kier alpha value is -3.43. The molecular weight excluding hydrogens is 543 g/mol. The highest BCUT2D eigenvalue weighted by Gasteiger charge is 2.42. The number of benzene rings is 2. The molecule has 0 spiro atoms. The Bertz CT molecular complexity index is 1490. The monoisotopic (exact) mass is 566 g/mol. The molecule has 7 nitrogen and oxygen atoms in total. The number of furan rings is 1. The van der Waals surface area contributed by atoms with Gasteiger partial charge in [0.2, 0.25) is 5.91 Å². The number of aryl methyl sites for hydroxylation is 1. The molecule has 0 saturated carbocycles. The van der Waals surface area contributed by atoms with Crippen LogP contribution in [0.2, 0.25) is 10.0 Å². The number of aromatic nitrogens is 1. The second-order valence-electron chi connectivity index (χ2n) is 8.78. The van der Waals surface area contributed by atoms with Gasteiger partial charge < -0.3 is 24.7 Å². The van der Waals surface area contributed by atoms with Gasteiger partial charge >= 0.3 is 0 Å². The van der Waals surface area contributed by atoms with Crippen LogP contribution >= 0.6 is 35.4 Å². The maximum absolute atomic E-state index is 12.0. The van der Waals surface area contributed by atoms with Crippen LogP contribution in [0.5, 0.6) is 0 Å². The molecule has 1 aliphatic rings. The van der Waals surface area contributed by atoms with Crippen LogP contribution in [0.3, 0.4) is 0 Å². The predicted octanol–water partition coefficient (Wildman–Crippen LogP) is 6.72. The van der Waals surface area contributed by atoms with Crippen LogP contribution in [0.25, 0.3) is 11.3 Å². The molecule has 1 aliphatic heterocycles. The SMILES string of the molecule is COCC(=O)Nc1ccc(N2C(=S)N[C@H](c3ccccn3)[C@H]2c2ccc(-c3cccc(Cl)c3Cl)o2)cc1C. The molecule has 38 heavy (non-hydrogen) atoms. The van der Waals surface area contributed by atoms with Crippen molar-refractivity contribution in [3.63, 3.8) is 0 Å². The van der Waals surface area contributed by atoms with Gasteiger partial charge in [0.1, 0.15) is 24.2 Å². The lowest BCUT2D eigenvalue weighted by Gasteiger charge is -2.27. The number of hydrogen-bond donors (Lipinski definition) is 2. The number of anilines is 2. The maximum Gasteiger partial charge on any atom is 0.250 e. The van der Waals surface area contributed by atoms with E-state index < -0.39 is 0 Å². The van der Waals surface area contributed by atoms with E-state index in [-0.39, 0.29) is 24.6 Å². The molecule has 10 heteroatoms. The minimum atomic E-state index is -0.350. The highest BCUT2D eigenvalue weighted by Crippen LogP contribution is 2.44. The Balaban J connectivity index is 1.55. The van der Waals surface area contributed by atoms with Crippen LogP contribution in [0.4, 0.5) is 11.4 Å². The third-order valence-electron chi connectivity index (χ3n) is 6.27. The van der Waals surface area contributed by atoms with Gasteiger partial charge in [0.05, 0.1) is 21.8 Å². The molecule has 0 unspecified atom stereocenters. The van der Waals surface area contributed by atoms with Crippen molar-refractivity contribution in [1.29, 1.82) is 0 Å². The summed E-state index contributed by atoms with van der Waals surface area (Å²) in [5.74, 6) is 1.05. The van der Waals surface area contributed by atoms with Crippen molar-refractivity contribution >= 4 is 57.8 Å². The Morgan fingerprint density at radius 2 is 2.00 bits per heavy atom. The molecule has 1 saturated heterocycles. The second-order valence-corrected chi connectivity index (χ2v) is 9.95. The van der Waals surface area contributed by atoms with Gasteiger partial charge in [-0.2, -0.15) is 0 Å². The molecule has 5 rings (SSSR count). The van der Waals surface area contributed by atoms with Crippen LogP contribution < -0.4 is 15.5 Å². The van der Waals surface area contributed by atoms with Gasteiger partial charge in [0.25, 0.3) is 0 Å². The van der Waals surface area contributed by atoms with Gasteiger partial charge in [-0.15, -0.1) is 0 Å². The molecule has 1 amide bonds. The van der Waals surface area contributed by atoms with E-state index in [4.69, 9.17) is 44.6 Å². The molecule has 0 bridgehead atoms. The summed E-state index contributed by atoms with van der Waals surface area (Å²) in [6.45, 7) is 1.91. The van der Waals surface area contributed by atoms with Gasteiger partial charge in [0, 0.05) is 30.2 Å². The van der Waals surface area contributed by atoms with Gasteiger partial charge in [0.15, 0.2) is 5.11 Å². The molecule has 2 aromatic heterocycles. The van der Waals surface area contributed by atoms with Crippen molar-refractivity contribution in [2.75, 3.05) is 23.9 Å². The van der Waals surface area contributed by atoms with Gasteiger partial charge in [-0.05, 0) is 79.3 Å². The molecule has 0 aliphatic carbocycles. The third-order valence-corrected chi connectivity index (χ3v) is 7.40. The van der Waals surface area contributed by atoms with Crippen molar-refractivity contribution < 1.29 is 13.9 Å². The van der Waals surface area contributed by atoms with Crippen LogP contribution in [0, 0.1) is 6.92 Å². The Morgan fingerprint density at radius 3 is 2.74 bits per heavy atom. The van der Waals surface area contributed by atoms with E-state index in [1.165, 1.54) is 7.11 Å². The molecule has 2 aromatic carbocycles. The van der Waals surface area contributed by atoms with Crippen molar-refractivity contribution in [3.05, 3.63) is 100.0 Å². The standard InChI is InChI=1S/C28H24Cl2N4O3S/c1-16-14-17(9-10-20(16)32-24(35)15-36-2)34-27(26(33-28(34)38)21-8-3-4-13-31-21)23-12-11-22(37-23)18-6-5-7-19(29)25(18)30/h3-14,26-27H,15H2,1-2H3,(H,32,35)(H,33,38)/t26-,27-/m1/s1. The number of carbonyl (C=O) groups excluding carboxylic acids is 1. The fourth-order valence-corrected chi connectivity index (χ4v) is 5.27. The number of thiocarbonyl (C=S) groups is 1. The lowest BCUT2D eigenvalue weighted by molar-refractivity contribution is -0.119. The highest BCUT2D eigenvalue weighted by atomic mass is 35.5. The van der Waals surface area contributed by atoms with Crippen LogP contribution in [0.1, 0.15) is 29.1 Å². The number of amides is 1. The first-order chi connectivity index (χ1) is 18.4. The first-order valence-corrected chi connectivity index (χ1v) is 13.0. The molecule has 1 fully saturated rings. The topological polar surface area (TPSA) is 79.6 Å². The van der Waals surface area contributed by atoms with Gasteiger partial charge in [-0.1, -0.05) is 35.3 Å². The first-order valence-electron chi connectivity index (χ1n) is 11.8. The van der Waals surface area contributed by atoms with Gasteiger partial charge in [-0.25, -0.2) is 0 Å². The van der Waals surface area contributed by atoms with Gasteiger partial charge in [-0.3, -0.25) is 9.78 Å². The van der Waals surface area contributed by atoms with Crippen molar-refractivity contribution in [2.24, 2.45) is 0 Å². The fourth-order valence-electron chi connectivity index (χ4n) is 4.53. The summed E-state index contributed by atoms with van der Waals surface area (Å²) in [6, 6.07) is 20.1. The number of carbonyl (C=O) groups is 1. The van der Waals surface area contributed by atoms with Crippen LogP contribution in [-0.4, -0.2) is 29.7 Å². The quantitative estimate of drug-likeness (QED) is 0.240. The van der Waals surface area contributed by atoms with E-state index in [9.17, 15) is 4.79 Å². The Labute approximate surface area is 235 Å². The minimum absolute atomic E-state index is 0.0212. The number of methoxy groups -OCH3 is 1. The van der Waals surface area contributed by atoms with E-state index in [2.05, 4.69) is 15.6 Å². The number of rotatable bonds is 7. The van der Waals surface area contributed by atoms with Crippen molar-refractivity contribution in [3.8, 4) is 11.3 Å². The number of pyridine rings is 1. The molecule has 2 atom stereocenters. The third kappa shape index (κ3) is 5.13. The smallest absolute Gasteiger partial charge is 0.250 e. The van der Waals surface area contributed by atoms with E-state index in [1.807, 2.05) is 72.5 Å². The Kier molecular flexibility index (Phi) is 7.67. The Morgan fingerprint density at radius 1 is 1.16 bits per heavy atom. The largest absolute Gasteiger partial charge is 0.459 e. The fraction of sp³-hybridized carbons (Fsp3) is 0.179. The lowest BCUT2D eigenvalue weighted by Crippen LogP contribution is -2.29. The zero-order chi connectivity index (χ0) is 26.8. The number of hydrogen-bond acceptors (Lipinski definition) is 5. The molecule has 2 N–H and O–H groups in total. The summed E-state index contributed by atoms with van der Waals surface area (Å²) < 4.78 is 11.3. The minimum Gasteiger partial charge on any atom is -0.459 e. The van der Waals surface area contributed by atoms with Crippen molar-refractivity contribution in [2.45, 2.75) is 19.0 Å². The average molecular weight is 567 g/mol. The molecule has 3 heterocycles. The van der Waals surface area contributed by atoms with E-state index in [0.717, 1.165) is 16.9 Å². The zero-order valence-electron chi connectivity index (χ0n) is 20.6. The van der Waals surface area contributed by atoms with E-state index in [0.29, 0.717) is 37.9 Å². The maximum atomic E-state index is 12.0. The zero-order valence-corrected chi connectivity index (χ0v) is 22.9. The first kappa shape index (κ1) is 26.2. The van der Waals surface area contributed by atoms with E-state index in [1.54, 1.807) is 12.3 Å². The lowest BCUT2D eigenvalue weighted by atomic mass is 10.0. The number of nitrogens with one attached hydrogen (secondary N) is 2. The van der Waals surface area contributed by atoms with Crippen molar-refractivity contribution in [1.82, 2.24) is 10.3 Å². The second kappa shape index (κ2) is 11.1. The molecular formula is C28H24Cl2N4O3S. The average Bonchev–Trinajstić information content (AvgIpc) is 3.52. The summed E-state index contributed by atoms with van der Waals surface area (Å²) in [6.07, 6.45) is 1.75. The number of halogens is 2. The van der Waals surface area contributed by atoms with Crippen LogP contribution in [-0.2, 0) is 9.53 Å². The van der Waals surface area contributed by atoms with Crippen LogP contribution in [0.15, 0.2) is 77.3 Å². The number of nitrogens with zero attached hydrogens (tertiary/aromatic N) is 2. The normalized spacial score (nSPS) is 16.9. The summed E-state index contributed by atoms with van der Waals surface area (Å²) in [7, 11) is 1.48. The summed E-state index contributed by atoms with van der Waals surface area (Å²) in [5, 5.41) is 7.69. The molecule has 0 radical (unpaired) electrons. The highest BCUT2D eigenvalue weighted by molar-refractivity contribution is 7.80. The molecule has 4 aromatic rings. The summed E-state index contributed by atoms with van der Waals surface area (Å²) in [4.78, 5) is 18.6. The molecule has 194 valence electrons. The van der Waals surface area contributed by atoms with E-state index >= 15 is 0 Å².